The maximum Gasteiger partial charge on any atom is 0.335 e. The first-order valence-electron chi connectivity index (χ1n) is 6.16. The molecule has 19 heavy (non-hydrogen) atoms. The Morgan fingerprint density at radius 2 is 1.95 bits per heavy atom. The predicted octanol–water partition coefficient (Wildman–Crippen LogP) is 1.18. The SMILES string of the molecule is CC(C)S(=O)(=O)NC1Cc2ccc(C(=O)O)cc2C1. The Morgan fingerprint density at radius 3 is 2.53 bits per heavy atom. The Labute approximate surface area is 112 Å². The number of carbonyl (C=O) groups is 1. The first kappa shape index (κ1) is 14.0. The highest BCUT2D eigenvalue weighted by atomic mass is 32.2. The molecular weight excluding hydrogens is 266 g/mol. The molecule has 0 bridgehead atoms. The molecule has 0 heterocycles. The topological polar surface area (TPSA) is 83.5 Å². The summed E-state index contributed by atoms with van der Waals surface area (Å²) in [6.45, 7) is 3.26. The Bertz CT molecular complexity index is 607. The van der Waals surface area contributed by atoms with Crippen LogP contribution in [0.25, 0.3) is 0 Å². The zero-order valence-electron chi connectivity index (χ0n) is 10.9. The average molecular weight is 283 g/mol. The van der Waals surface area contributed by atoms with E-state index in [0.717, 1.165) is 11.1 Å². The van der Waals surface area contributed by atoms with Crippen LogP contribution in [0.2, 0.25) is 0 Å². The number of aromatic carboxylic acids is 1. The van der Waals surface area contributed by atoms with E-state index in [1.165, 1.54) is 0 Å². The summed E-state index contributed by atoms with van der Waals surface area (Å²) in [4.78, 5) is 10.9. The van der Waals surface area contributed by atoms with Gasteiger partial charge >= 0.3 is 5.97 Å². The van der Waals surface area contributed by atoms with Gasteiger partial charge in [-0.05, 0) is 49.9 Å². The van der Waals surface area contributed by atoms with E-state index >= 15 is 0 Å². The van der Waals surface area contributed by atoms with Crippen LogP contribution in [-0.2, 0) is 22.9 Å². The molecule has 1 aromatic rings. The van der Waals surface area contributed by atoms with E-state index in [4.69, 9.17) is 5.11 Å². The first-order valence-corrected chi connectivity index (χ1v) is 7.70. The Morgan fingerprint density at radius 1 is 1.32 bits per heavy atom. The molecule has 0 radical (unpaired) electrons. The third-order valence-corrected chi connectivity index (χ3v) is 5.24. The maximum absolute atomic E-state index is 11.8. The second kappa shape index (κ2) is 4.94. The van der Waals surface area contributed by atoms with Crippen molar-refractivity contribution in [3.05, 3.63) is 34.9 Å². The molecule has 1 unspecified atom stereocenters. The summed E-state index contributed by atoms with van der Waals surface area (Å²) in [6, 6.07) is 4.77. The average Bonchev–Trinajstić information content (AvgIpc) is 2.68. The highest BCUT2D eigenvalue weighted by molar-refractivity contribution is 7.90. The zero-order valence-corrected chi connectivity index (χ0v) is 11.7. The number of hydrogen-bond donors (Lipinski definition) is 2. The Kier molecular flexibility index (Phi) is 3.64. The van der Waals surface area contributed by atoms with Crippen LogP contribution in [0.4, 0.5) is 0 Å². The number of fused-ring (bicyclic) bond motifs is 1. The molecule has 0 aromatic heterocycles. The number of benzene rings is 1. The lowest BCUT2D eigenvalue weighted by atomic mass is 10.1. The van der Waals surface area contributed by atoms with Gasteiger partial charge in [-0.2, -0.15) is 0 Å². The maximum atomic E-state index is 11.8. The summed E-state index contributed by atoms with van der Waals surface area (Å²) in [5, 5.41) is 8.46. The van der Waals surface area contributed by atoms with E-state index in [9.17, 15) is 13.2 Å². The van der Waals surface area contributed by atoms with Gasteiger partial charge < -0.3 is 5.11 Å². The zero-order chi connectivity index (χ0) is 14.2. The lowest BCUT2D eigenvalue weighted by Crippen LogP contribution is -2.39. The van der Waals surface area contributed by atoms with Crippen LogP contribution < -0.4 is 4.72 Å². The number of carboxylic acid groups (broad SMARTS) is 1. The van der Waals surface area contributed by atoms with E-state index in [0.29, 0.717) is 12.8 Å². The fourth-order valence-corrected chi connectivity index (χ4v) is 3.11. The molecule has 0 fully saturated rings. The lowest BCUT2D eigenvalue weighted by molar-refractivity contribution is 0.0696. The van der Waals surface area contributed by atoms with Crippen LogP contribution in [0.3, 0.4) is 0 Å². The normalized spacial score (nSPS) is 18.6. The second-order valence-corrected chi connectivity index (χ2v) is 7.37. The van der Waals surface area contributed by atoms with Crippen LogP contribution in [0.1, 0.15) is 35.3 Å². The van der Waals surface area contributed by atoms with Crippen molar-refractivity contribution >= 4 is 16.0 Å². The monoisotopic (exact) mass is 283 g/mol. The summed E-state index contributed by atoms with van der Waals surface area (Å²) in [6.07, 6.45) is 1.16. The quantitative estimate of drug-likeness (QED) is 0.869. The van der Waals surface area contributed by atoms with E-state index in [2.05, 4.69) is 4.72 Å². The van der Waals surface area contributed by atoms with Gasteiger partial charge in [-0.3, -0.25) is 0 Å². The summed E-state index contributed by atoms with van der Waals surface area (Å²) >= 11 is 0. The van der Waals surface area contributed by atoms with Crippen molar-refractivity contribution in [2.75, 3.05) is 0 Å². The lowest BCUT2D eigenvalue weighted by Gasteiger charge is -2.14. The molecule has 5 nitrogen and oxygen atoms in total. The fraction of sp³-hybridized carbons (Fsp3) is 0.462. The van der Waals surface area contributed by atoms with Gasteiger partial charge in [0.15, 0.2) is 0 Å². The van der Waals surface area contributed by atoms with Crippen molar-refractivity contribution < 1.29 is 18.3 Å². The van der Waals surface area contributed by atoms with Crippen molar-refractivity contribution in [3.8, 4) is 0 Å². The standard InChI is InChI=1S/C13H17NO4S/c1-8(2)19(17,18)14-12-6-9-3-4-10(13(15)16)5-11(9)7-12/h3-5,8,12,14H,6-7H2,1-2H3,(H,15,16). The van der Waals surface area contributed by atoms with Crippen LogP contribution in [-0.4, -0.2) is 30.8 Å². The van der Waals surface area contributed by atoms with Crippen molar-refractivity contribution in [2.24, 2.45) is 0 Å². The van der Waals surface area contributed by atoms with E-state index in [1.807, 2.05) is 0 Å². The molecule has 104 valence electrons. The molecule has 6 heteroatoms. The van der Waals surface area contributed by atoms with Crippen molar-refractivity contribution in [2.45, 2.75) is 38.0 Å². The second-order valence-electron chi connectivity index (χ2n) is 5.11. The molecule has 0 saturated heterocycles. The minimum absolute atomic E-state index is 0.175. The van der Waals surface area contributed by atoms with E-state index in [1.54, 1.807) is 32.0 Å². The van der Waals surface area contributed by atoms with Crippen molar-refractivity contribution in [1.82, 2.24) is 4.72 Å². The molecule has 1 atom stereocenters. The minimum atomic E-state index is -3.29. The Hall–Kier alpha value is -1.40. The van der Waals surface area contributed by atoms with Gasteiger partial charge in [0.05, 0.1) is 10.8 Å². The molecule has 1 aliphatic carbocycles. The number of hydrogen-bond acceptors (Lipinski definition) is 3. The molecule has 2 N–H and O–H groups in total. The fourth-order valence-electron chi connectivity index (χ4n) is 2.20. The number of rotatable bonds is 4. The van der Waals surface area contributed by atoms with Crippen molar-refractivity contribution in [3.63, 3.8) is 0 Å². The molecule has 0 amide bonds. The van der Waals surface area contributed by atoms with Gasteiger partial charge in [0.25, 0.3) is 0 Å². The summed E-state index contributed by atoms with van der Waals surface area (Å²) < 4.78 is 26.3. The predicted molar refractivity (Wildman–Crippen MR) is 71.8 cm³/mol. The van der Waals surface area contributed by atoms with Gasteiger partial charge in [-0.1, -0.05) is 6.07 Å². The number of sulfonamides is 1. The number of nitrogens with one attached hydrogen (secondary N) is 1. The van der Waals surface area contributed by atoms with Crippen LogP contribution in [0.15, 0.2) is 18.2 Å². The Balaban J connectivity index is 2.15. The highest BCUT2D eigenvalue weighted by Crippen LogP contribution is 2.24. The molecule has 0 saturated carbocycles. The minimum Gasteiger partial charge on any atom is -0.478 e. The largest absolute Gasteiger partial charge is 0.478 e. The van der Waals surface area contributed by atoms with Gasteiger partial charge in [-0.15, -0.1) is 0 Å². The van der Waals surface area contributed by atoms with E-state index < -0.39 is 21.2 Å². The summed E-state index contributed by atoms with van der Waals surface area (Å²) in [7, 11) is -3.29. The molecule has 0 spiro atoms. The summed E-state index contributed by atoms with van der Waals surface area (Å²) in [5.41, 5.74) is 2.17. The third kappa shape index (κ3) is 2.96. The van der Waals surface area contributed by atoms with Gasteiger partial charge in [0.1, 0.15) is 0 Å². The van der Waals surface area contributed by atoms with E-state index in [-0.39, 0.29) is 11.6 Å². The van der Waals surface area contributed by atoms with Crippen LogP contribution in [0, 0.1) is 0 Å². The molecular formula is C13H17NO4S. The number of carboxylic acids is 1. The van der Waals surface area contributed by atoms with Gasteiger partial charge in [-0.25, -0.2) is 17.9 Å². The highest BCUT2D eigenvalue weighted by Gasteiger charge is 2.27. The molecule has 1 aliphatic rings. The molecule has 2 rings (SSSR count). The van der Waals surface area contributed by atoms with Crippen LogP contribution in [0.5, 0.6) is 0 Å². The third-order valence-electron chi connectivity index (χ3n) is 3.34. The first-order chi connectivity index (χ1) is 8.79. The van der Waals surface area contributed by atoms with Gasteiger partial charge in [0, 0.05) is 6.04 Å². The summed E-state index contributed by atoms with van der Waals surface area (Å²) in [5.74, 6) is -0.964. The van der Waals surface area contributed by atoms with Crippen molar-refractivity contribution in [1.29, 1.82) is 0 Å². The molecule has 1 aromatic carbocycles. The van der Waals surface area contributed by atoms with Crippen LogP contribution >= 0.6 is 0 Å². The smallest absolute Gasteiger partial charge is 0.335 e. The molecule has 0 aliphatic heterocycles. The van der Waals surface area contributed by atoms with Gasteiger partial charge in [0.2, 0.25) is 10.0 Å².